The van der Waals surface area contributed by atoms with Crippen LogP contribution in [0.1, 0.15) is 12.0 Å². The summed E-state index contributed by atoms with van der Waals surface area (Å²) in [6.45, 7) is 2.66. The molecule has 0 fully saturated rings. The maximum atomic E-state index is 4.81. The van der Waals surface area contributed by atoms with Crippen LogP contribution in [0.3, 0.4) is 0 Å². The van der Waals surface area contributed by atoms with Crippen LogP contribution in [0.2, 0.25) is 0 Å². The maximum Gasteiger partial charge on any atom is 0.0988 e. The number of nitrogens with one attached hydrogen (secondary N) is 1. The first-order valence-electron chi connectivity index (χ1n) is 9.11. The SMILES string of the molecule is c1ccc(-n2cc(CNCCCn3ccnc3)c(-c3cccnc3)n2)cc1. The molecule has 0 radical (unpaired) electrons. The molecule has 0 aliphatic rings. The number of pyridine rings is 1. The highest BCUT2D eigenvalue weighted by Gasteiger charge is 2.12. The lowest BCUT2D eigenvalue weighted by atomic mass is 10.1. The van der Waals surface area contributed by atoms with Gasteiger partial charge in [-0.1, -0.05) is 18.2 Å². The third-order valence-corrected chi connectivity index (χ3v) is 4.39. The summed E-state index contributed by atoms with van der Waals surface area (Å²) in [5.74, 6) is 0. The molecule has 0 spiro atoms. The van der Waals surface area contributed by atoms with Gasteiger partial charge in [0.15, 0.2) is 0 Å². The number of aryl methyl sites for hydroxylation is 1. The monoisotopic (exact) mass is 358 g/mol. The number of hydrogen-bond donors (Lipinski definition) is 1. The predicted octanol–water partition coefficient (Wildman–Crippen LogP) is 3.31. The summed E-state index contributed by atoms with van der Waals surface area (Å²) in [7, 11) is 0. The van der Waals surface area contributed by atoms with Crippen molar-refractivity contribution in [2.45, 2.75) is 19.5 Å². The van der Waals surface area contributed by atoms with Gasteiger partial charge in [0.2, 0.25) is 0 Å². The van der Waals surface area contributed by atoms with Crippen LogP contribution in [0.25, 0.3) is 16.9 Å². The summed E-state index contributed by atoms with van der Waals surface area (Å²) in [6.07, 6.45) is 12.4. The van der Waals surface area contributed by atoms with Gasteiger partial charge < -0.3 is 9.88 Å². The fraction of sp³-hybridized carbons (Fsp3) is 0.190. The Labute approximate surface area is 158 Å². The molecule has 6 nitrogen and oxygen atoms in total. The Morgan fingerprint density at radius 3 is 2.67 bits per heavy atom. The molecular formula is C21H22N6. The van der Waals surface area contributed by atoms with E-state index in [2.05, 4.69) is 38.2 Å². The fourth-order valence-electron chi connectivity index (χ4n) is 3.03. The van der Waals surface area contributed by atoms with Crippen molar-refractivity contribution in [3.05, 3.63) is 85.3 Å². The Bertz CT molecular complexity index is 945. The Kier molecular flexibility index (Phi) is 5.36. The van der Waals surface area contributed by atoms with Crippen LogP contribution < -0.4 is 5.32 Å². The van der Waals surface area contributed by atoms with Crippen LogP contribution in [0.4, 0.5) is 0 Å². The van der Waals surface area contributed by atoms with E-state index in [4.69, 9.17) is 5.10 Å². The Balaban J connectivity index is 1.47. The van der Waals surface area contributed by atoms with E-state index in [1.54, 1.807) is 6.20 Å². The number of para-hydroxylation sites is 1. The van der Waals surface area contributed by atoms with Crippen molar-refractivity contribution in [2.75, 3.05) is 6.54 Å². The van der Waals surface area contributed by atoms with Crippen molar-refractivity contribution in [2.24, 2.45) is 0 Å². The highest BCUT2D eigenvalue weighted by Crippen LogP contribution is 2.22. The van der Waals surface area contributed by atoms with E-state index in [1.807, 2.05) is 59.9 Å². The predicted molar refractivity (Wildman–Crippen MR) is 105 cm³/mol. The lowest BCUT2D eigenvalue weighted by Gasteiger charge is -2.06. The molecule has 0 saturated carbocycles. The summed E-state index contributed by atoms with van der Waals surface area (Å²) in [5, 5.41) is 8.35. The van der Waals surface area contributed by atoms with Crippen LogP contribution >= 0.6 is 0 Å². The van der Waals surface area contributed by atoms with Crippen molar-refractivity contribution in [1.82, 2.24) is 29.6 Å². The van der Waals surface area contributed by atoms with Crippen LogP contribution in [-0.4, -0.2) is 30.9 Å². The average Bonchev–Trinajstić information content (AvgIpc) is 3.39. The summed E-state index contributed by atoms with van der Waals surface area (Å²) < 4.78 is 4.03. The first-order valence-corrected chi connectivity index (χ1v) is 9.11. The van der Waals surface area contributed by atoms with Gasteiger partial charge in [0.25, 0.3) is 0 Å². The van der Waals surface area contributed by atoms with Crippen molar-refractivity contribution in [3.63, 3.8) is 0 Å². The van der Waals surface area contributed by atoms with Crippen molar-refractivity contribution < 1.29 is 0 Å². The van der Waals surface area contributed by atoms with Gasteiger partial charge in [-0.15, -0.1) is 0 Å². The third kappa shape index (κ3) is 4.30. The quantitative estimate of drug-likeness (QED) is 0.491. The molecule has 0 saturated heterocycles. The van der Waals surface area contributed by atoms with Crippen molar-refractivity contribution in [3.8, 4) is 16.9 Å². The zero-order valence-electron chi connectivity index (χ0n) is 15.1. The van der Waals surface area contributed by atoms with Gasteiger partial charge in [-0.25, -0.2) is 9.67 Å². The Hall–Kier alpha value is -3.25. The highest BCUT2D eigenvalue weighted by molar-refractivity contribution is 5.62. The van der Waals surface area contributed by atoms with Gasteiger partial charge in [-0.2, -0.15) is 5.10 Å². The molecule has 0 atom stereocenters. The van der Waals surface area contributed by atoms with E-state index in [-0.39, 0.29) is 0 Å². The third-order valence-electron chi connectivity index (χ3n) is 4.39. The van der Waals surface area contributed by atoms with Gasteiger partial charge in [0.05, 0.1) is 17.7 Å². The minimum absolute atomic E-state index is 0.765. The molecule has 0 unspecified atom stereocenters. The number of imidazole rings is 1. The maximum absolute atomic E-state index is 4.81. The first-order chi connectivity index (χ1) is 13.4. The van der Waals surface area contributed by atoms with Crippen LogP contribution in [0.5, 0.6) is 0 Å². The Morgan fingerprint density at radius 2 is 1.89 bits per heavy atom. The molecule has 27 heavy (non-hydrogen) atoms. The van der Waals surface area contributed by atoms with Gasteiger partial charge in [0, 0.05) is 55.2 Å². The second kappa shape index (κ2) is 8.42. The van der Waals surface area contributed by atoms with Crippen molar-refractivity contribution in [1.29, 1.82) is 0 Å². The van der Waals surface area contributed by atoms with E-state index < -0.39 is 0 Å². The number of benzene rings is 1. The highest BCUT2D eigenvalue weighted by atomic mass is 15.3. The fourth-order valence-corrected chi connectivity index (χ4v) is 3.03. The summed E-state index contributed by atoms with van der Waals surface area (Å²) in [6, 6.07) is 14.2. The molecule has 3 aromatic heterocycles. The molecule has 1 N–H and O–H groups in total. The Morgan fingerprint density at radius 1 is 0.963 bits per heavy atom. The van der Waals surface area contributed by atoms with Crippen LogP contribution in [0.15, 0.2) is 79.8 Å². The zero-order chi connectivity index (χ0) is 18.3. The summed E-state index contributed by atoms with van der Waals surface area (Å²) in [5.41, 5.74) is 4.21. The number of nitrogens with zero attached hydrogens (tertiary/aromatic N) is 5. The second-order valence-electron chi connectivity index (χ2n) is 6.36. The molecule has 4 rings (SSSR count). The molecule has 4 aromatic rings. The lowest BCUT2D eigenvalue weighted by molar-refractivity contribution is 0.581. The van der Waals surface area contributed by atoms with Crippen molar-refractivity contribution >= 4 is 0 Å². The number of rotatable bonds is 8. The summed E-state index contributed by atoms with van der Waals surface area (Å²) >= 11 is 0. The number of hydrogen-bond acceptors (Lipinski definition) is 4. The van der Waals surface area contributed by atoms with Gasteiger partial charge >= 0.3 is 0 Å². The molecular weight excluding hydrogens is 336 g/mol. The van der Waals surface area contributed by atoms with E-state index in [1.165, 1.54) is 0 Å². The second-order valence-corrected chi connectivity index (χ2v) is 6.36. The smallest absolute Gasteiger partial charge is 0.0988 e. The molecule has 0 aliphatic heterocycles. The number of aromatic nitrogens is 5. The zero-order valence-corrected chi connectivity index (χ0v) is 15.1. The van der Waals surface area contributed by atoms with E-state index >= 15 is 0 Å². The minimum atomic E-state index is 0.765. The molecule has 3 heterocycles. The molecule has 6 heteroatoms. The van der Waals surface area contributed by atoms with Gasteiger partial charge in [-0.3, -0.25) is 4.98 Å². The van der Waals surface area contributed by atoms with E-state index in [0.29, 0.717) is 0 Å². The first kappa shape index (κ1) is 17.2. The van der Waals surface area contributed by atoms with E-state index in [0.717, 1.165) is 48.6 Å². The van der Waals surface area contributed by atoms with E-state index in [9.17, 15) is 0 Å². The van der Waals surface area contributed by atoms with Crippen LogP contribution in [-0.2, 0) is 13.1 Å². The molecule has 0 bridgehead atoms. The molecule has 1 aromatic carbocycles. The molecule has 0 aliphatic carbocycles. The normalized spacial score (nSPS) is 11.0. The van der Waals surface area contributed by atoms with Gasteiger partial charge in [0.1, 0.15) is 0 Å². The molecule has 136 valence electrons. The topological polar surface area (TPSA) is 60.6 Å². The summed E-state index contributed by atoms with van der Waals surface area (Å²) in [4.78, 5) is 8.32. The standard InChI is InChI=1S/C21H22N6/c1-2-7-20(8-3-1)27-16-19(21(25-27)18-6-4-9-22-14-18)15-23-10-5-12-26-13-11-24-17-26/h1-4,6-9,11,13-14,16-17,23H,5,10,12,15H2. The van der Waals surface area contributed by atoms with Crippen LogP contribution in [0, 0.1) is 0 Å². The molecule has 0 amide bonds. The average molecular weight is 358 g/mol. The lowest BCUT2D eigenvalue weighted by Crippen LogP contribution is -2.16. The largest absolute Gasteiger partial charge is 0.337 e. The van der Waals surface area contributed by atoms with Gasteiger partial charge in [-0.05, 0) is 37.2 Å². The minimum Gasteiger partial charge on any atom is -0.337 e.